The smallest absolute Gasteiger partial charge is 0.323 e. The quantitative estimate of drug-likeness (QED) is 0.215. The van der Waals surface area contributed by atoms with Crippen LogP contribution in [0.3, 0.4) is 0 Å². The summed E-state index contributed by atoms with van der Waals surface area (Å²) in [5, 5.41) is 6.79. The summed E-state index contributed by atoms with van der Waals surface area (Å²) < 4.78 is 1.66. The number of nitrogen functional groups attached to an aromatic ring is 1. The number of aryl methyl sites for hydroxylation is 1. The molecule has 198 valence electrons. The molecule has 4 N–H and O–H groups in total. The predicted octanol–water partition coefficient (Wildman–Crippen LogP) is 7.34. The lowest BCUT2D eigenvalue weighted by molar-refractivity contribution is 0.262. The van der Waals surface area contributed by atoms with E-state index in [4.69, 9.17) is 5.73 Å². The van der Waals surface area contributed by atoms with Crippen LogP contribution in [0.5, 0.6) is 0 Å². The van der Waals surface area contributed by atoms with E-state index in [1.807, 2.05) is 48.5 Å². The molecule has 0 bridgehead atoms. The van der Waals surface area contributed by atoms with Gasteiger partial charge >= 0.3 is 6.03 Å². The summed E-state index contributed by atoms with van der Waals surface area (Å²) in [5.74, 6) is 0.426. The Kier molecular flexibility index (Phi) is 8.15. The van der Waals surface area contributed by atoms with E-state index >= 15 is 0 Å². The van der Waals surface area contributed by atoms with Gasteiger partial charge in [0.1, 0.15) is 11.3 Å². The molecule has 0 aliphatic heterocycles. The van der Waals surface area contributed by atoms with Crippen LogP contribution in [0.1, 0.15) is 70.4 Å². The van der Waals surface area contributed by atoms with Crippen molar-refractivity contribution in [2.45, 2.75) is 65.8 Å². The number of nitrogens with zero attached hydrogens (tertiary/aromatic N) is 2. The average Bonchev–Trinajstić information content (AvgIpc) is 2.88. The number of urea groups is 1. The van der Waals surface area contributed by atoms with E-state index in [1.165, 1.54) is 0 Å². The second kappa shape index (κ2) is 11.5. The Morgan fingerprint density at radius 1 is 0.947 bits per heavy atom. The molecule has 2 amide bonds. The molecule has 2 aromatic carbocycles. The maximum atomic E-state index is 14.0. The molecule has 38 heavy (non-hydrogen) atoms. The van der Waals surface area contributed by atoms with Crippen LogP contribution in [0.25, 0.3) is 22.2 Å². The molecule has 0 fully saturated rings. The Labute approximate surface area is 224 Å². The average molecular weight is 512 g/mol. The van der Waals surface area contributed by atoms with E-state index in [2.05, 4.69) is 50.2 Å². The van der Waals surface area contributed by atoms with E-state index in [1.54, 1.807) is 16.8 Å². The van der Waals surface area contributed by atoms with E-state index in [9.17, 15) is 9.59 Å². The Morgan fingerprint density at radius 3 is 2.24 bits per heavy atom. The minimum atomic E-state index is -0.465. The van der Waals surface area contributed by atoms with Gasteiger partial charge in [-0.1, -0.05) is 71.4 Å². The van der Waals surface area contributed by atoms with E-state index in [0.29, 0.717) is 23.4 Å². The van der Waals surface area contributed by atoms with Crippen molar-refractivity contribution in [1.82, 2.24) is 9.55 Å². The molecule has 0 spiro atoms. The molecule has 0 aliphatic rings. The molecule has 4 rings (SSSR count). The number of rotatable bonds is 8. The fourth-order valence-electron chi connectivity index (χ4n) is 4.87. The lowest BCUT2D eigenvalue weighted by Crippen LogP contribution is -2.30. The lowest BCUT2D eigenvalue weighted by atomic mass is 9.93. The third-order valence-corrected chi connectivity index (χ3v) is 6.78. The van der Waals surface area contributed by atoms with E-state index < -0.39 is 6.03 Å². The van der Waals surface area contributed by atoms with Crippen LogP contribution >= 0.6 is 0 Å². The van der Waals surface area contributed by atoms with Crippen molar-refractivity contribution in [2.24, 2.45) is 0 Å². The van der Waals surface area contributed by atoms with Crippen LogP contribution < -0.4 is 21.9 Å². The first-order valence-corrected chi connectivity index (χ1v) is 13.3. The van der Waals surface area contributed by atoms with Gasteiger partial charge in [0, 0.05) is 35.1 Å². The van der Waals surface area contributed by atoms with Gasteiger partial charge in [-0.15, -0.1) is 0 Å². The number of nitrogens with two attached hydrogens (primary N) is 1. The first kappa shape index (κ1) is 26.9. The molecule has 0 saturated carbocycles. The summed E-state index contributed by atoms with van der Waals surface area (Å²) in [6.07, 6.45) is 3.42. The second-order valence-corrected chi connectivity index (χ2v) is 10.3. The number of hydrogen-bond donors (Lipinski definition) is 3. The number of nitrogens with one attached hydrogen (secondary N) is 2. The molecule has 2 heterocycles. The number of unbranched alkanes of at least 4 members (excludes halogenated alkanes) is 1. The largest absolute Gasteiger partial charge is 0.399 e. The fourth-order valence-corrected chi connectivity index (χ4v) is 4.87. The number of aromatic nitrogens is 2. The van der Waals surface area contributed by atoms with Gasteiger partial charge in [0.2, 0.25) is 0 Å². The Balaban J connectivity index is 1.89. The third kappa shape index (κ3) is 5.42. The van der Waals surface area contributed by atoms with Crippen LogP contribution in [-0.4, -0.2) is 15.6 Å². The number of benzene rings is 2. The molecule has 0 aliphatic carbocycles. The number of fused-ring (bicyclic) bond motifs is 1. The van der Waals surface area contributed by atoms with Gasteiger partial charge in [-0.05, 0) is 59.2 Å². The van der Waals surface area contributed by atoms with Crippen LogP contribution in [-0.2, 0) is 6.54 Å². The molecule has 0 unspecified atom stereocenters. The number of hydrogen-bond acceptors (Lipinski definition) is 4. The van der Waals surface area contributed by atoms with E-state index in [-0.39, 0.29) is 23.1 Å². The molecule has 0 atom stereocenters. The summed E-state index contributed by atoms with van der Waals surface area (Å²) in [6.45, 7) is 11.0. The number of para-hydroxylation sites is 1. The molecular formula is C31H37N5O2. The van der Waals surface area contributed by atoms with Crippen molar-refractivity contribution in [3.05, 3.63) is 82.3 Å². The van der Waals surface area contributed by atoms with Crippen LogP contribution in [0.2, 0.25) is 0 Å². The van der Waals surface area contributed by atoms with Crippen molar-refractivity contribution < 1.29 is 4.79 Å². The van der Waals surface area contributed by atoms with E-state index in [0.717, 1.165) is 40.6 Å². The highest BCUT2D eigenvalue weighted by molar-refractivity contribution is 6.08. The maximum absolute atomic E-state index is 14.0. The summed E-state index contributed by atoms with van der Waals surface area (Å²) in [4.78, 5) is 32.1. The topological polar surface area (TPSA) is 102 Å². The first-order chi connectivity index (χ1) is 18.2. The van der Waals surface area contributed by atoms with Crippen molar-refractivity contribution in [2.75, 3.05) is 16.4 Å². The molecule has 4 aromatic rings. The zero-order valence-electron chi connectivity index (χ0n) is 22.8. The Bertz CT molecular complexity index is 1490. The van der Waals surface area contributed by atoms with Gasteiger partial charge in [0.15, 0.2) is 0 Å². The van der Waals surface area contributed by atoms with Gasteiger partial charge in [-0.25, -0.2) is 9.78 Å². The zero-order chi connectivity index (χ0) is 27.4. The van der Waals surface area contributed by atoms with Gasteiger partial charge < -0.3 is 16.4 Å². The number of carbonyl (C=O) groups is 1. The molecule has 0 saturated heterocycles. The number of carbonyl (C=O) groups excluding carboxylic acids is 1. The fraction of sp³-hybridized carbons (Fsp3) is 0.323. The third-order valence-electron chi connectivity index (χ3n) is 6.78. The highest BCUT2D eigenvalue weighted by Crippen LogP contribution is 2.35. The van der Waals surface area contributed by atoms with Crippen molar-refractivity contribution >= 4 is 34.1 Å². The maximum Gasteiger partial charge on any atom is 0.323 e. The van der Waals surface area contributed by atoms with Crippen LogP contribution in [0.15, 0.2) is 65.6 Å². The minimum Gasteiger partial charge on any atom is -0.399 e. The highest BCUT2D eigenvalue weighted by atomic mass is 16.2. The molecular weight excluding hydrogens is 474 g/mol. The standard InChI is InChI=1S/C31H37N5O2/c1-6-7-17-36-29-25(15-10-16-33-29)26(21-11-8-12-22(32)18-21)28(30(36)37)35-31(38)34-27-23(19(2)3)13-9-14-24(27)20(4)5/h8-16,18-20H,6-7,17,32H2,1-5H3,(H2,34,35,38). The van der Waals surface area contributed by atoms with Gasteiger partial charge in [0.05, 0.1) is 0 Å². The number of anilines is 3. The molecule has 0 radical (unpaired) electrons. The number of amides is 2. The summed E-state index contributed by atoms with van der Waals surface area (Å²) in [7, 11) is 0. The van der Waals surface area contributed by atoms with Crippen LogP contribution in [0, 0.1) is 0 Å². The predicted molar refractivity (Wildman–Crippen MR) is 158 cm³/mol. The van der Waals surface area contributed by atoms with Crippen molar-refractivity contribution in [3.8, 4) is 11.1 Å². The first-order valence-electron chi connectivity index (χ1n) is 13.3. The molecule has 2 aromatic heterocycles. The second-order valence-electron chi connectivity index (χ2n) is 10.3. The van der Waals surface area contributed by atoms with Crippen LogP contribution in [0.4, 0.5) is 21.9 Å². The molecule has 7 nitrogen and oxygen atoms in total. The van der Waals surface area contributed by atoms with Gasteiger partial charge in [-0.3, -0.25) is 9.36 Å². The summed E-state index contributed by atoms with van der Waals surface area (Å²) in [6, 6.07) is 16.7. The molecule has 7 heteroatoms. The number of pyridine rings is 2. The Hall–Kier alpha value is -4.13. The van der Waals surface area contributed by atoms with Gasteiger partial charge in [0.25, 0.3) is 5.56 Å². The monoisotopic (exact) mass is 511 g/mol. The normalized spacial score (nSPS) is 11.3. The summed E-state index contributed by atoms with van der Waals surface area (Å²) >= 11 is 0. The lowest BCUT2D eigenvalue weighted by Gasteiger charge is -2.21. The minimum absolute atomic E-state index is 0.206. The zero-order valence-corrected chi connectivity index (χ0v) is 22.8. The summed E-state index contributed by atoms with van der Waals surface area (Å²) in [5.41, 5.74) is 11.4. The van der Waals surface area contributed by atoms with Crippen molar-refractivity contribution in [3.63, 3.8) is 0 Å². The Morgan fingerprint density at radius 2 is 1.61 bits per heavy atom. The van der Waals surface area contributed by atoms with Gasteiger partial charge in [-0.2, -0.15) is 0 Å². The van der Waals surface area contributed by atoms with Crippen molar-refractivity contribution in [1.29, 1.82) is 0 Å². The highest BCUT2D eigenvalue weighted by Gasteiger charge is 2.22. The SMILES string of the molecule is CCCCn1c(=O)c(NC(=O)Nc2c(C(C)C)cccc2C(C)C)c(-c2cccc(N)c2)c2cccnc21.